The summed E-state index contributed by atoms with van der Waals surface area (Å²) in [6, 6.07) is -3.93. The number of aromatic nitrogens is 4. The molecule has 1 saturated carbocycles. The zero-order valence-corrected chi connectivity index (χ0v) is 37.3. The number of rotatable bonds is 6. The number of H-pyrrole nitrogens is 2. The topological polar surface area (TPSA) is 293 Å². The zero-order chi connectivity index (χ0) is 38.8. The van der Waals surface area contributed by atoms with E-state index in [-0.39, 0.29) is 76.6 Å². The van der Waals surface area contributed by atoms with Crippen molar-refractivity contribution >= 4 is 44.2 Å². The van der Waals surface area contributed by atoms with Gasteiger partial charge in [0, 0.05) is 107 Å². The first-order valence-electron chi connectivity index (χ1n) is 16.3. The van der Waals surface area contributed by atoms with Crippen LogP contribution in [0.4, 0.5) is 9.59 Å². The molecule has 21 nitrogen and oxygen atoms in total. The van der Waals surface area contributed by atoms with E-state index in [0.29, 0.717) is 11.1 Å². The monoisotopic (exact) mass is 1050 g/mol. The van der Waals surface area contributed by atoms with E-state index >= 15 is 0 Å². The summed E-state index contributed by atoms with van der Waals surface area (Å²) < 4.78 is 12.0. The second kappa shape index (κ2) is 18.0. The summed E-state index contributed by atoms with van der Waals surface area (Å²) >= 11 is 0. The number of carbonyl (C=O) groups is 6. The maximum absolute atomic E-state index is 12.8. The molecule has 300 valence electrons. The van der Waals surface area contributed by atoms with Gasteiger partial charge in [-0.25, -0.2) is 19.2 Å². The Labute approximate surface area is 356 Å². The van der Waals surface area contributed by atoms with E-state index in [1.54, 1.807) is 27.7 Å². The van der Waals surface area contributed by atoms with E-state index in [1.165, 1.54) is 59.4 Å². The Morgan fingerprint density at radius 1 is 0.732 bits per heavy atom. The number of nitrogens with zero attached hydrogens (tertiary/aromatic N) is 4. The molecule has 6 N–H and O–H groups in total. The van der Waals surface area contributed by atoms with Gasteiger partial charge >= 0.3 is 35.4 Å². The van der Waals surface area contributed by atoms with Crippen LogP contribution in [0.3, 0.4) is 0 Å². The fraction of sp³-hybridized carbons (Fsp3) is 0.562. The van der Waals surface area contributed by atoms with Crippen molar-refractivity contribution in [3.8, 4) is 0 Å². The second-order valence-corrected chi connectivity index (χ2v) is 13.8. The number of aryl methyl sites for hydroxylation is 2. The third-order valence-electron chi connectivity index (χ3n) is 11.2. The van der Waals surface area contributed by atoms with Crippen molar-refractivity contribution in [3.05, 3.63) is 65.2 Å². The molecule has 4 aliphatic rings. The van der Waals surface area contributed by atoms with E-state index in [9.17, 15) is 47.9 Å². The maximum Gasteiger partial charge on any atom is 0.328 e. The minimum Gasteiger partial charge on any atom is -0.469 e. The number of aromatic amines is 2. The van der Waals surface area contributed by atoms with Gasteiger partial charge in [-0.1, -0.05) is 0 Å². The molecule has 3 saturated heterocycles. The molecule has 0 bridgehead atoms. The molecule has 56 heavy (non-hydrogen) atoms. The van der Waals surface area contributed by atoms with E-state index in [0.717, 1.165) is 0 Å². The number of imide groups is 2. The Kier molecular flexibility index (Phi) is 16.0. The predicted molar refractivity (Wildman–Crippen MR) is 186 cm³/mol. The summed E-state index contributed by atoms with van der Waals surface area (Å²) in [4.78, 5) is 129. The molecule has 2 aromatic rings. The zero-order valence-electron chi connectivity index (χ0n) is 31.7. The normalized spacial score (nSPS) is 26.7. The van der Waals surface area contributed by atoms with Crippen LogP contribution in [-0.2, 0) is 60.3 Å². The Morgan fingerprint density at radius 2 is 1.09 bits per heavy atom. The van der Waals surface area contributed by atoms with Crippen molar-refractivity contribution in [1.29, 1.82) is 0 Å². The molecule has 4 radical (unpaired) electrons. The number of fused-ring (bicyclic) bond motifs is 1. The first-order valence-corrected chi connectivity index (χ1v) is 16.3. The average Bonchev–Trinajstić information content (AvgIpc) is 3.18. The molecule has 5 heterocycles. The van der Waals surface area contributed by atoms with Crippen LogP contribution >= 0.6 is 0 Å². The Balaban J connectivity index is 0.000000524. The Morgan fingerprint density at radius 3 is 1.41 bits per heavy atom. The summed E-state index contributed by atoms with van der Waals surface area (Å²) in [5, 5.41) is 4.66. The molecule has 3 aliphatic heterocycles. The van der Waals surface area contributed by atoms with Crippen LogP contribution in [0.5, 0.6) is 0 Å². The average molecular weight is 1050 g/mol. The minimum atomic E-state index is -1.23. The predicted octanol–water partition coefficient (Wildman–Crippen LogP) is -3.28. The van der Waals surface area contributed by atoms with Gasteiger partial charge in [-0.2, -0.15) is 0 Å². The van der Waals surface area contributed by atoms with Gasteiger partial charge in [0.2, 0.25) is 11.8 Å². The van der Waals surface area contributed by atoms with Gasteiger partial charge < -0.3 is 24.7 Å². The molecule has 24 heteroatoms. The second-order valence-electron chi connectivity index (χ2n) is 13.8. The molecular weight excluding hydrogens is 1000 g/mol. The van der Waals surface area contributed by atoms with Gasteiger partial charge in [0.1, 0.15) is 0 Å². The summed E-state index contributed by atoms with van der Waals surface area (Å²) in [7, 11) is 2.44. The van der Waals surface area contributed by atoms with Crippen LogP contribution in [0.2, 0.25) is 0 Å². The fourth-order valence-corrected chi connectivity index (χ4v) is 8.10. The minimum absolute atomic E-state index is 0. The quantitative estimate of drug-likeness (QED) is 0.164. The van der Waals surface area contributed by atoms with Gasteiger partial charge in [-0.3, -0.25) is 58.5 Å². The van der Waals surface area contributed by atoms with Crippen LogP contribution < -0.4 is 33.1 Å². The van der Waals surface area contributed by atoms with Gasteiger partial charge in [-0.05, 0) is 41.5 Å². The molecular formula is C32H42BN8O13UV. The molecule has 0 spiro atoms. The van der Waals surface area contributed by atoms with Crippen molar-refractivity contribution in [2.45, 2.75) is 78.8 Å². The van der Waals surface area contributed by atoms with Crippen LogP contribution in [0, 0.1) is 67.6 Å². The van der Waals surface area contributed by atoms with Crippen molar-refractivity contribution < 1.29 is 93.4 Å². The van der Waals surface area contributed by atoms with E-state index < -0.39 is 105 Å². The number of urea groups is 2. The molecule has 6 rings (SSSR count). The number of ether oxygens (including phenoxy) is 2. The third kappa shape index (κ3) is 7.63. The number of esters is 2. The number of hydrogen-bond acceptors (Lipinski definition) is 12. The van der Waals surface area contributed by atoms with Crippen molar-refractivity contribution in [3.63, 3.8) is 0 Å². The SMILES string of the molecule is COC(=O)C(Cn1cc(C)c(=O)[nH]c1=O)Cn1cc(C)c(=O)[nH]c1=O.COC(=O)C1C(C)N2C(=O)NC(=O)C3(C)C2C2N(C(=O)NC(=O)C23C)C1C.O.[B].[U].[V]. The van der Waals surface area contributed by atoms with Crippen LogP contribution in [0.25, 0.3) is 0 Å². The standard InChI is InChI=1S/C17H22N4O6.C15H18N4O6.B.H2O.U.V/c1-6-8(11(22)27-5)7(2)21-10-9-16(3,12(23)18-14(25)20(6)9)17(10,4)13(24)19-15(21)26;1-8-4-18(14(23)16-11(8)20)6-10(13(22)25-3)7-19-5-9(2)12(21)17-15(19)24;;;;/h6-10H,1-5H3,(H,18,23,25)(H,19,24,26);4-5,10H,6-7H2,1-3H3,(H,16,20,23)(H,17,21,24);;1H2;;. The molecule has 0 aromatic carbocycles. The van der Waals surface area contributed by atoms with Crippen molar-refractivity contribution in [2.75, 3.05) is 14.2 Å². The van der Waals surface area contributed by atoms with Gasteiger partial charge in [0.05, 0.1) is 49.0 Å². The van der Waals surface area contributed by atoms with E-state index in [2.05, 4.69) is 20.6 Å². The summed E-state index contributed by atoms with van der Waals surface area (Å²) in [6.07, 6.45) is 2.66. The van der Waals surface area contributed by atoms with Gasteiger partial charge in [-0.15, -0.1) is 0 Å². The molecule has 6 unspecified atom stereocenters. The third-order valence-corrected chi connectivity index (χ3v) is 11.2. The number of carbonyl (C=O) groups excluding carboxylic acids is 6. The number of methoxy groups -OCH3 is 2. The number of hydrogen-bond donors (Lipinski definition) is 4. The summed E-state index contributed by atoms with van der Waals surface area (Å²) in [5.41, 5.74) is -4.21. The fourth-order valence-electron chi connectivity index (χ4n) is 8.10. The number of amides is 6. The van der Waals surface area contributed by atoms with Gasteiger partial charge in [0.25, 0.3) is 11.1 Å². The van der Waals surface area contributed by atoms with Crippen molar-refractivity contribution in [2.24, 2.45) is 22.7 Å². The Bertz CT molecular complexity index is 2030. The summed E-state index contributed by atoms with van der Waals surface area (Å²) in [5.74, 6) is -4.00. The smallest absolute Gasteiger partial charge is 0.328 e. The number of nitrogens with one attached hydrogen (secondary N) is 4. The first-order chi connectivity index (χ1) is 24.3. The van der Waals surface area contributed by atoms with Crippen LogP contribution in [0.1, 0.15) is 38.8 Å². The van der Waals surface area contributed by atoms with Gasteiger partial charge in [0.15, 0.2) is 0 Å². The van der Waals surface area contributed by atoms with Crippen LogP contribution in [0.15, 0.2) is 31.6 Å². The first kappa shape index (κ1) is 49.9. The van der Waals surface area contributed by atoms with Crippen molar-refractivity contribution in [1.82, 2.24) is 39.5 Å². The summed E-state index contributed by atoms with van der Waals surface area (Å²) in [6.45, 7) is 9.50. The van der Waals surface area contributed by atoms with E-state index in [4.69, 9.17) is 9.47 Å². The van der Waals surface area contributed by atoms with E-state index in [1.807, 2.05) is 0 Å². The molecule has 1 aliphatic carbocycles. The molecule has 2 aromatic heterocycles. The molecule has 6 atom stereocenters. The largest absolute Gasteiger partial charge is 0.469 e. The maximum atomic E-state index is 12.8. The molecule has 6 amide bonds. The Hall–Kier alpha value is -4.16. The van der Waals surface area contributed by atoms with Crippen LogP contribution in [-0.4, -0.2) is 117 Å². The molecule has 4 fully saturated rings.